The number of thiophene rings is 1. The molecule has 1 atom stereocenters. The predicted octanol–water partition coefficient (Wildman–Crippen LogP) is 2.02. The van der Waals surface area contributed by atoms with Crippen LogP contribution in [-0.4, -0.2) is 17.0 Å². The largest absolute Gasteiger partial charge is 0.385 e. The van der Waals surface area contributed by atoms with Gasteiger partial charge in [-0.25, -0.2) is 0 Å². The number of aliphatic hydroxyl groups is 1. The first-order valence-corrected chi connectivity index (χ1v) is 5.40. The zero-order valence-electron chi connectivity index (χ0n) is 7.69. The Labute approximate surface area is 82.2 Å². The molecule has 72 valence electrons. The molecule has 0 radical (unpaired) electrons. The lowest BCUT2D eigenvalue weighted by molar-refractivity contribution is -0.126. The van der Waals surface area contributed by atoms with Crippen LogP contribution in [0.2, 0.25) is 0 Å². The fourth-order valence-electron chi connectivity index (χ4n) is 1.15. The van der Waals surface area contributed by atoms with E-state index in [-0.39, 0.29) is 5.78 Å². The summed E-state index contributed by atoms with van der Waals surface area (Å²) >= 11 is 1.57. The van der Waals surface area contributed by atoms with Crippen LogP contribution in [0.15, 0.2) is 16.8 Å². The topological polar surface area (TPSA) is 37.3 Å². The quantitative estimate of drug-likeness (QED) is 0.786. The smallest absolute Gasteiger partial charge is 0.165 e. The molecule has 1 aromatic heterocycles. The van der Waals surface area contributed by atoms with Crippen LogP contribution in [0.25, 0.3) is 0 Å². The number of ketones is 1. The molecule has 1 heterocycles. The molecule has 0 aromatic carbocycles. The van der Waals surface area contributed by atoms with Crippen LogP contribution < -0.4 is 0 Å². The normalized spacial score (nSPS) is 12.8. The van der Waals surface area contributed by atoms with Gasteiger partial charge >= 0.3 is 0 Å². The molecule has 1 unspecified atom stereocenters. The minimum atomic E-state index is -0.773. The van der Waals surface area contributed by atoms with Gasteiger partial charge in [0.25, 0.3) is 0 Å². The van der Waals surface area contributed by atoms with Crippen LogP contribution in [-0.2, 0) is 11.2 Å². The van der Waals surface area contributed by atoms with Gasteiger partial charge in [0.2, 0.25) is 0 Å². The van der Waals surface area contributed by atoms with Crippen molar-refractivity contribution < 1.29 is 9.90 Å². The van der Waals surface area contributed by atoms with Crippen LogP contribution in [0, 0.1) is 0 Å². The fourth-order valence-corrected chi connectivity index (χ4v) is 1.82. The Morgan fingerprint density at radius 2 is 2.46 bits per heavy atom. The standard InChI is InChI=1S/C10H14O2S/c1-2-3-9(11)10(12)6-8-4-5-13-7-8/h4-5,7,9,11H,2-3,6H2,1H3. The number of aliphatic hydroxyl groups excluding tert-OH is 1. The number of carbonyl (C=O) groups excluding carboxylic acids is 1. The van der Waals surface area contributed by atoms with Gasteiger partial charge in [0.05, 0.1) is 0 Å². The van der Waals surface area contributed by atoms with Crippen molar-refractivity contribution in [2.45, 2.75) is 32.3 Å². The molecule has 0 fully saturated rings. The second kappa shape index (κ2) is 5.14. The van der Waals surface area contributed by atoms with E-state index in [1.807, 2.05) is 23.8 Å². The van der Waals surface area contributed by atoms with E-state index in [0.717, 1.165) is 12.0 Å². The summed E-state index contributed by atoms with van der Waals surface area (Å²) in [7, 11) is 0. The van der Waals surface area contributed by atoms with Crippen LogP contribution in [0.5, 0.6) is 0 Å². The van der Waals surface area contributed by atoms with Crippen molar-refractivity contribution in [1.29, 1.82) is 0 Å². The molecule has 1 N–H and O–H groups in total. The lowest BCUT2D eigenvalue weighted by atomic mass is 10.1. The molecular formula is C10H14O2S. The maximum atomic E-state index is 11.4. The van der Waals surface area contributed by atoms with Crippen LogP contribution in [0.3, 0.4) is 0 Å². The van der Waals surface area contributed by atoms with E-state index in [0.29, 0.717) is 12.8 Å². The summed E-state index contributed by atoms with van der Waals surface area (Å²) in [6, 6.07) is 1.92. The number of hydrogen-bond acceptors (Lipinski definition) is 3. The molecule has 0 spiro atoms. The molecule has 13 heavy (non-hydrogen) atoms. The highest BCUT2D eigenvalue weighted by Crippen LogP contribution is 2.09. The van der Waals surface area contributed by atoms with E-state index in [9.17, 15) is 9.90 Å². The van der Waals surface area contributed by atoms with Crippen molar-refractivity contribution in [3.05, 3.63) is 22.4 Å². The summed E-state index contributed by atoms with van der Waals surface area (Å²) in [5, 5.41) is 13.3. The van der Waals surface area contributed by atoms with Gasteiger partial charge in [-0.15, -0.1) is 0 Å². The SMILES string of the molecule is CCCC(O)C(=O)Cc1ccsc1. The Kier molecular flexibility index (Phi) is 4.12. The van der Waals surface area contributed by atoms with Gasteiger partial charge in [-0.05, 0) is 28.8 Å². The van der Waals surface area contributed by atoms with Crippen molar-refractivity contribution >= 4 is 17.1 Å². The Hall–Kier alpha value is -0.670. The van der Waals surface area contributed by atoms with Gasteiger partial charge in [-0.2, -0.15) is 11.3 Å². The molecule has 2 nitrogen and oxygen atoms in total. The molecule has 0 amide bonds. The van der Waals surface area contributed by atoms with Gasteiger partial charge in [-0.1, -0.05) is 13.3 Å². The van der Waals surface area contributed by atoms with Crippen molar-refractivity contribution in [3.63, 3.8) is 0 Å². The molecule has 0 bridgehead atoms. The Morgan fingerprint density at radius 1 is 1.69 bits per heavy atom. The van der Waals surface area contributed by atoms with Crippen molar-refractivity contribution in [3.8, 4) is 0 Å². The summed E-state index contributed by atoms with van der Waals surface area (Å²) in [5.74, 6) is -0.0692. The van der Waals surface area contributed by atoms with Crippen LogP contribution >= 0.6 is 11.3 Å². The maximum absolute atomic E-state index is 11.4. The number of carbonyl (C=O) groups is 1. The van der Waals surface area contributed by atoms with Gasteiger partial charge in [-0.3, -0.25) is 4.79 Å². The first kappa shape index (κ1) is 10.4. The third-order valence-electron chi connectivity index (χ3n) is 1.89. The Balaban J connectivity index is 2.41. The molecule has 0 saturated carbocycles. The van der Waals surface area contributed by atoms with Gasteiger partial charge in [0.1, 0.15) is 6.10 Å². The van der Waals surface area contributed by atoms with Crippen molar-refractivity contribution in [1.82, 2.24) is 0 Å². The second-order valence-corrected chi connectivity index (χ2v) is 3.86. The Morgan fingerprint density at radius 3 is 3.00 bits per heavy atom. The molecule has 0 saturated heterocycles. The zero-order chi connectivity index (χ0) is 9.68. The van der Waals surface area contributed by atoms with Crippen LogP contribution in [0.4, 0.5) is 0 Å². The molecule has 1 aromatic rings. The molecular weight excluding hydrogens is 184 g/mol. The molecule has 3 heteroatoms. The first-order valence-electron chi connectivity index (χ1n) is 4.46. The zero-order valence-corrected chi connectivity index (χ0v) is 8.51. The van der Waals surface area contributed by atoms with E-state index in [1.165, 1.54) is 0 Å². The first-order chi connectivity index (χ1) is 6.24. The number of hydrogen-bond donors (Lipinski definition) is 1. The van der Waals surface area contributed by atoms with E-state index in [4.69, 9.17) is 0 Å². The minimum Gasteiger partial charge on any atom is -0.385 e. The monoisotopic (exact) mass is 198 g/mol. The predicted molar refractivity (Wildman–Crippen MR) is 53.9 cm³/mol. The van der Waals surface area contributed by atoms with E-state index in [2.05, 4.69) is 0 Å². The average molecular weight is 198 g/mol. The van der Waals surface area contributed by atoms with Crippen molar-refractivity contribution in [2.75, 3.05) is 0 Å². The van der Waals surface area contributed by atoms with E-state index in [1.54, 1.807) is 11.3 Å². The molecule has 1 rings (SSSR count). The summed E-state index contributed by atoms with van der Waals surface area (Å²) in [4.78, 5) is 11.4. The lowest BCUT2D eigenvalue weighted by Crippen LogP contribution is -2.21. The van der Waals surface area contributed by atoms with Crippen molar-refractivity contribution in [2.24, 2.45) is 0 Å². The summed E-state index contributed by atoms with van der Waals surface area (Å²) in [6.45, 7) is 1.96. The van der Waals surface area contributed by atoms with Gasteiger partial charge in [0.15, 0.2) is 5.78 Å². The second-order valence-electron chi connectivity index (χ2n) is 3.08. The van der Waals surface area contributed by atoms with Crippen LogP contribution in [0.1, 0.15) is 25.3 Å². The minimum absolute atomic E-state index is 0.0692. The lowest BCUT2D eigenvalue weighted by Gasteiger charge is -2.06. The molecule has 0 aliphatic heterocycles. The maximum Gasteiger partial charge on any atom is 0.165 e. The third kappa shape index (κ3) is 3.28. The van der Waals surface area contributed by atoms with E-state index < -0.39 is 6.10 Å². The highest BCUT2D eigenvalue weighted by atomic mass is 32.1. The fraction of sp³-hybridized carbons (Fsp3) is 0.500. The number of Topliss-reactive ketones (excluding diaryl/α,β-unsaturated/α-hetero) is 1. The van der Waals surface area contributed by atoms with E-state index >= 15 is 0 Å². The van der Waals surface area contributed by atoms with Gasteiger partial charge < -0.3 is 5.11 Å². The summed E-state index contributed by atoms with van der Waals surface area (Å²) in [5.41, 5.74) is 1.00. The summed E-state index contributed by atoms with van der Waals surface area (Å²) < 4.78 is 0. The highest BCUT2D eigenvalue weighted by molar-refractivity contribution is 7.07. The Bertz CT molecular complexity index is 254. The third-order valence-corrected chi connectivity index (χ3v) is 2.62. The average Bonchev–Trinajstić information content (AvgIpc) is 2.57. The number of rotatable bonds is 5. The highest BCUT2D eigenvalue weighted by Gasteiger charge is 2.13. The summed E-state index contributed by atoms with van der Waals surface area (Å²) in [6.07, 6.45) is 1.01. The van der Waals surface area contributed by atoms with Gasteiger partial charge in [0, 0.05) is 6.42 Å². The molecule has 0 aliphatic carbocycles. The molecule has 0 aliphatic rings.